The van der Waals surface area contributed by atoms with Gasteiger partial charge in [-0.2, -0.15) is 5.10 Å². The van der Waals surface area contributed by atoms with E-state index in [0.717, 1.165) is 11.3 Å². The lowest BCUT2D eigenvalue weighted by Crippen LogP contribution is -2.13. The van der Waals surface area contributed by atoms with Crippen molar-refractivity contribution in [1.82, 2.24) is 9.78 Å². The van der Waals surface area contributed by atoms with E-state index in [9.17, 15) is 0 Å². The highest BCUT2D eigenvalue weighted by molar-refractivity contribution is 5.96. The standard InChI is InChI=1S/C12H14N4O/c1-9-6-7-16(14-9)8-10-2-4-11(5-3-10)12(13)15-17/h2-7,17H,8H2,1H3,(H2,13,15). The molecule has 3 N–H and O–H groups in total. The Morgan fingerprint density at radius 3 is 2.59 bits per heavy atom. The zero-order valence-electron chi connectivity index (χ0n) is 9.54. The summed E-state index contributed by atoms with van der Waals surface area (Å²) in [5, 5.41) is 15.8. The molecule has 0 spiro atoms. The zero-order chi connectivity index (χ0) is 12.3. The molecule has 0 unspecified atom stereocenters. The van der Waals surface area contributed by atoms with Crippen molar-refractivity contribution >= 4 is 5.84 Å². The van der Waals surface area contributed by atoms with Crippen LogP contribution in [0.4, 0.5) is 0 Å². The Balaban J connectivity index is 2.13. The van der Waals surface area contributed by atoms with E-state index in [1.807, 2.05) is 48.1 Å². The second-order valence-corrected chi connectivity index (χ2v) is 3.84. The molecule has 5 heteroatoms. The summed E-state index contributed by atoms with van der Waals surface area (Å²) in [6, 6.07) is 9.47. The minimum absolute atomic E-state index is 0.117. The second kappa shape index (κ2) is 4.69. The van der Waals surface area contributed by atoms with Gasteiger partial charge in [0, 0.05) is 11.8 Å². The fourth-order valence-corrected chi connectivity index (χ4v) is 1.58. The Morgan fingerprint density at radius 2 is 2.06 bits per heavy atom. The molecule has 88 valence electrons. The van der Waals surface area contributed by atoms with Crippen LogP contribution in [0.2, 0.25) is 0 Å². The molecule has 0 radical (unpaired) electrons. The maximum Gasteiger partial charge on any atom is 0.170 e. The monoisotopic (exact) mass is 230 g/mol. The predicted molar refractivity (Wildman–Crippen MR) is 65.0 cm³/mol. The zero-order valence-corrected chi connectivity index (χ0v) is 9.54. The van der Waals surface area contributed by atoms with Crippen LogP contribution >= 0.6 is 0 Å². The highest BCUT2D eigenvalue weighted by Crippen LogP contribution is 2.06. The lowest BCUT2D eigenvalue weighted by Gasteiger charge is -2.03. The molecule has 1 heterocycles. The van der Waals surface area contributed by atoms with Crippen molar-refractivity contribution in [1.29, 1.82) is 0 Å². The van der Waals surface area contributed by atoms with E-state index in [4.69, 9.17) is 10.9 Å². The number of nitrogens with zero attached hydrogens (tertiary/aromatic N) is 3. The molecule has 0 aliphatic carbocycles. The van der Waals surface area contributed by atoms with E-state index in [-0.39, 0.29) is 5.84 Å². The van der Waals surface area contributed by atoms with Crippen LogP contribution in [0.3, 0.4) is 0 Å². The summed E-state index contributed by atoms with van der Waals surface area (Å²) in [5.74, 6) is 0.117. The lowest BCUT2D eigenvalue weighted by molar-refractivity contribution is 0.318. The summed E-state index contributed by atoms with van der Waals surface area (Å²) in [7, 11) is 0. The van der Waals surface area contributed by atoms with Crippen molar-refractivity contribution in [2.75, 3.05) is 0 Å². The molecule has 0 saturated carbocycles. The van der Waals surface area contributed by atoms with Gasteiger partial charge in [-0.1, -0.05) is 29.4 Å². The average molecular weight is 230 g/mol. The van der Waals surface area contributed by atoms with Gasteiger partial charge in [0.2, 0.25) is 0 Å². The van der Waals surface area contributed by atoms with Gasteiger partial charge in [0.1, 0.15) is 0 Å². The van der Waals surface area contributed by atoms with Crippen molar-refractivity contribution in [2.24, 2.45) is 10.9 Å². The van der Waals surface area contributed by atoms with Gasteiger partial charge in [-0.05, 0) is 18.6 Å². The average Bonchev–Trinajstić information content (AvgIpc) is 2.75. The van der Waals surface area contributed by atoms with E-state index in [1.54, 1.807) is 0 Å². The van der Waals surface area contributed by atoms with Crippen LogP contribution in [0.5, 0.6) is 0 Å². The molecule has 0 bridgehead atoms. The van der Waals surface area contributed by atoms with E-state index >= 15 is 0 Å². The van der Waals surface area contributed by atoms with Crippen molar-refractivity contribution in [3.63, 3.8) is 0 Å². The first-order valence-electron chi connectivity index (χ1n) is 5.26. The predicted octanol–water partition coefficient (Wildman–Crippen LogP) is 1.33. The molecule has 0 atom stereocenters. The van der Waals surface area contributed by atoms with E-state index in [1.165, 1.54) is 0 Å². The van der Waals surface area contributed by atoms with Gasteiger partial charge >= 0.3 is 0 Å². The number of oxime groups is 1. The van der Waals surface area contributed by atoms with Gasteiger partial charge in [-0.15, -0.1) is 0 Å². The first-order chi connectivity index (χ1) is 8.19. The molecule has 0 fully saturated rings. The van der Waals surface area contributed by atoms with Gasteiger partial charge in [0.25, 0.3) is 0 Å². The minimum Gasteiger partial charge on any atom is -0.409 e. The second-order valence-electron chi connectivity index (χ2n) is 3.84. The molecule has 0 aliphatic rings. The fraction of sp³-hybridized carbons (Fsp3) is 0.167. The Kier molecular flexibility index (Phi) is 3.09. The summed E-state index contributed by atoms with van der Waals surface area (Å²) < 4.78 is 1.87. The number of hydrogen-bond acceptors (Lipinski definition) is 3. The number of hydrogen-bond donors (Lipinski definition) is 2. The van der Waals surface area contributed by atoms with Crippen LogP contribution < -0.4 is 5.73 Å². The summed E-state index contributed by atoms with van der Waals surface area (Å²) in [4.78, 5) is 0. The molecule has 0 aliphatic heterocycles. The van der Waals surface area contributed by atoms with Gasteiger partial charge in [-0.3, -0.25) is 4.68 Å². The SMILES string of the molecule is Cc1ccn(Cc2ccc(C(N)=NO)cc2)n1. The molecular weight excluding hydrogens is 216 g/mol. The quantitative estimate of drug-likeness (QED) is 0.361. The smallest absolute Gasteiger partial charge is 0.170 e. The Bertz CT molecular complexity index is 528. The number of aryl methyl sites for hydroxylation is 1. The van der Waals surface area contributed by atoms with E-state index in [0.29, 0.717) is 12.1 Å². The van der Waals surface area contributed by atoms with Crippen LogP contribution in [0.1, 0.15) is 16.8 Å². The van der Waals surface area contributed by atoms with E-state index < -0.39 is 0 Å². The largest absolute Gasteiger partial charge is 0.409 e. The number of nitrogens with two attached hydrogens (primary N) is 1. The van der Waals surface area contributed by atoms with Crippen LogP contribution in [0.15, 0.2) is 41.7 Å². The Labute approximate surface area is 99.2 Å². The number of aromatic nitrogens is 2. The third-order valence-electron chi connectivity index (χ3n) is 2.48. The molecular formula is C12H14N4O. The van der Waals surface area contributed by atoms with E-state index in [2.05, 4.69) is 10.3 Å². The molecule has 1 aromatic carbocycles. The maximum absolute atomic E-state index is 8.54. The highest BCUT2D eigenvalue weighted by Gasteiger charge is 2.00. The van der Waals surface area contributed by atoms with Gasteiger partial charge < -0.3 is 10.9 Å². The first-order valence-corrected chi connectivity index (χ1v) is 5.26. The molecule has 2 aromatic rings. The summed E-state index contributed by atoms with van der Waals surface area (Å²) in [6.07, 6.45) is 1.94. The van der Waals surface area contributed by atoms with Crippen LogP contribution in [-0.2, 0) is 6.54 Å². The van der Waals surface area contributed by atoms with Crippen molar-refractivity contribution in [3.8, 4) is 0 Å². The molecule has 0 amide bonds. The molecule has 5 nitrogen and oxygen atoms in total. The summed E-state index contributed by atoms with van der Waals surface area (Å²) in [5.41, 5.74) is 8.30. The fourth-order valence-electron chi connectivity index (χ4n) is 1.58. The molecule has 1 aromatic heterocycles. The molecule has 17 heavy (non-hydrogen) atoms. The lowest BCUT2D eigenvalue weighted by atomic mass is 10.1. The minimum atomic E-state index is 0.117. The Hall–Kier alpha value is -2.30. The first kappa shape index (κ1) is 11.2. The van der Waals surface area contributed by atoms with Crippen molar-refractivity contribution in [3.05, 3.63) is 53.3 Å². The van der Waals surface area contributed by atoms with Crippen molar-refractivity contribution in [2.45, 2.75) is 13.5 Å². The summed E-state index contributed by atoms with van der Waals surface area (Å²) in [6.45, 7) is 2.67. The number of rotatable bonds is 3. The van der Waals surface area contributed by atoms with Crippen LogP contribution in [0, 0.1) is 6.92 Å². The third kappa shape index (κ3) is 2.63. The topological polar surface area (TPSA) is 76.4 Å². The van der Waals surface area contributed by atoms with Crippen LogP contribution in [-0.4, -0.2) is 20.8 Å². The Morgan fingerprint density at radius 1 is 1.35 bits per heavy atom. The maximum atomic E-state index is 8.54. The van der Waals surface area contributed by atoms with Crippen molar-refractivity contribution < 1.29 is 5.21 Å². The number of amidine groups is 1. The van der Waals surface area contributed by atoms with Gasteiger partial charge in [-0.25, -0.2) is 0 Å². The normalized spacial score (nSPS) is 11.7. The molecule has 2 rings (SSSR count). The summed E-state index contributed by atoms with van der Waals surface area (Å²) >= 11 is 0. The number of benzene rings is 1. The van der Waals surface area contributed by atoms with Gasteiger partial charge in [0.15, 0.2) is 5.84 Å². The van der Waals surface area contributed by atoms with Crippen LogP contribution in [0.25, 0.3) is 0 Å². The molecule has 0 saturated heterocycles. The highest BCUT2D eigenvalue weighted by atomic mass is 16.4. The van der Waals surface area contributed by atoms with Gasteiger partial charge in [0.05, 0.1) is 12.2 Å². The third-order valence-corrected chi connectivity index (χ3v) is 2.48.